The van der Waals surface area contributed by atoms with Gasteiger partial charge in [0.15, 0.2) is 0 Å². The Morgan fingerprint density at radius 1 is 1.27 bits per heavy atom. The molecule has 0 spiro atoms. The predicted molar refractivity (Wildman–Crippen MR) is 85.4 cm³/mol. The molecule has 0 aliphatic carbocycles. The van der Waals surface area contributed by atoms with Crippen LogP contribution in [0.15, 0.2) is 24.3 Å². The molecule has 0 atom stereocenters. The minimum Gasteiger partial charge on any atom is -0.355 e. The summed E-state index contributed by atoms with van der Waals surface area (Å²) in [5.74, 6) is 0.638. The number of benzene rings is 1. The highest BCUT2D eigenvalue weighted by Gasteiger charge is 2.15. The van der Waals surface area contributed by atoms with E-state index in [4.69, 9.17) is 0 Å². The molecule has 0 saturated heterocycles. The molecule has 0 radical (unpaired) electrons. The topological polar surface area (TPSA) is 78.1 Å². The van der Waals surface area contributed by atoms with Gasteiger partial charge >= 0.3 is 0 Å². The number of nitrogens with zero attached hydrogens (tertiary/aromatic N) is 2. The second-order valence-corrected chi connectivity index (χ2v) is 5.06. The van der Waals surface area contributed by atoms with Crippen LogP contribution in [0.3, 0.4) is 0 Å². The highest BCUT2D eigenvalue weighted by molar-refractivity contribution is 5.84. The van der Waals surface area contributed by atoms with Crippen LogP contribution < -0.4 is 5.32 Å². The van der Waals surface area contributed by atoms with E-state index in [1.165, 1.54) is 0 Å². The fourth-order valence-electron chi connectivity index (χ4n) is 2.31. The lowest BCUT2D eigenvalue weighted by atomic mass is 10.2. The number of carbonyl (C=O) groups excluding carboxylic acids is 2. The fourth-order valence-corrected chi connectivity index (χ4v) is 2.31. The van der Waals surface area contributed by atoms with E-state index in [0.29, 0.717) is 25.9 Å². The molecule has 2 rings (SSSR count). The van der Waals surface area contributed by atoms with Crippen molar-refractivity contribution in [3.63, 3.8) is 0 Å². The molecule has 2 amide bonds. The number of H-pyrrole nitrogens is 1. The first-order chi connectivity index (χ1) is 10.6. The molecule has 1 aromatic carbocycles. The summed E-state index contributed by atoms with van der Waals surface area (Å²) in [6, 6.07) is 7.77. The Bertz CT molecular complexity index is 617. The number of aromatic amines is 1. The van der Waals surface area contributed by atoms with Crippen molar-refractivity contribution in [1.82, 2.24) is 20.2 Å². The van der Waals surface area contributed by atoms with Crippen molar-refractivity contribution < 1.29 is 9.59 Å². The quantitative estimate of drug-likeness (QED) is 0.813. The first kappa shape index (κ1) is 16.0. The van der Waals surface area contributed by atoms with E-state index >= 15 is 0 Å². The Kier molecular flexibility index (Phi) is 5.52. The van der Waals surface area contributed by atoms with E-state index in [1.807, 2.05) is 38.1 Å². The minimum absolute atomic E-state index is 0.0331. The monoisotopic (exact) mass is 302 g/mol. The van der Waals surface area contributed by atoms with Crippen molar-refractivity contribution in [3.05, 3.63) is 30.1 Å². The molecule has 6 nitrogen and oxygen atoms in total. The SMILES string of the molecule is CCNC(=O)CN(CC)C(=O)CCc1nc2ccccc2[nH]1. The van der Waals surface area contributed by atoms with Crippen LogP contribution in [0.4, 0.5) is 0 Å². The van der Waals surface area contributed by atoms with Crippen LogP contribution >= 0.6 is 0 Å². The Morgan fingerprint density at radius 2 is 2.05 bits per heavy atom. The second-order valence-electron chi connectivity index (χ2n) is 5.06. The number of hydrogen-bond acceptors (Lipinski definition) is 3. The van der Waals surface area contributed by atoms with Crippen molar-refractivity contribution in [3.8, 4) is 0 Å². The molecule has 2 N–H and O–H groups in total. The van der Waals surface area contributed by atoms with Crippen molar-refractivity contribution in [1.29, 1.82) is 0 Å². The highest BCUT2D eigenvalue weighted by Crippen LogP contribution is 2.11. The van der Waals surface area contributed by atoms with E-state index in [9.17, 15) is 9.59 Å². The number of likely N-dealkylation sites (N-methyl/N-ethyl adjacent to an activating group) is 2. The first-order valence-electron chi connectivity index (χ1n) is 7.62. The third-order valence-electron chi connectivity index (χ3n) is 3.46. The summed E-state index contributed by atoms with van der Waals surface area (Å²) in [4.78, 5) is 33.0. The zero-order valence-electron chi connectivity index (χ0n) is 13.1. The molecule has 0 aliphatic rings. The Balaban J connectivity index is 1.91. The van der Waals surface area contributed by atoms with Crippen LogP contribution in [0, 0.1) is 0 Å². The summed E-state index contributed by atoms with van der Waals surface area (Å²) in [6.45, 7) is 4.94. The van der Waals surface area contributed by atoms with Gasteiger partial charge in [0.25, 0.3) is 0 Å². The molecular formula is C16H22N4O2. The van der Waals surface area contributed by atoms with Crippen LogP contribution in [0.5, 0.6) is 0 Å². The van der Waals surface area contributed by atoms with Crippen LogP contribution in [0.1, 0.15) is 26.1 Å². The Hall–Kier alpha value is -2.37. The molecule has 0 unspecified atom stereocenters. The molecule has 0 saturated carbocycles. The van der Waals surface area contributed by atoms with Crippen molar-refractivity contribution in [2.24, 2.45) is 0 Å². The van der Waals surface area contributed by atoms with Gasteiger partial charge in [-0.1, -0.05) is 12.1 Å². The largest absolute Gasteiger partial charge is 0.355 e. The molecule has 22 heavy (non-hydrogen) atoms. The number of fused-ring (bicyclic) bond motifs is 1. The smallest absolute Gasteiger partial charge is 0.239 e. The predicted octanol–water partition coefficient (Wildman–Crippen LogP) is 1.48. The number of nitrogens with one attached hydrogen (secondary N) is 2. The first-order valence-corrected chi connectivity index (χ1v) is 7.62. The third kappa shape index (κ3) is 4.07. The maximum absolute atomic E-state index is 12.2. The van der Waals surface area contributed by atoms with E-state index in [-0.39, 0.29) is 18.4 Å². The Labute approximate surface area is 129 Å². The summed E-state index contributed by atoms with van der Waals surface area (Å²) in [6.07, 6.45) is 0.881. The van der Waals surface area contributed by atoms with Crippen molar-refractivity contribution in [2.45, 2.75) is 26.7 Å². The minimum atomic E-state index is -0.124. The molecule has 1 heterocycles. The normalized spacial score (nSPS) is 10.6. The van der Waals surface area contributed by atoms with Gasteiger partial charge in [-0.3, -0.25) is 9.59 Å². The number of imidazole rings is 1. The lowest BCUT2D eigenvalue weighted by Gasteiger charge is -2.19. The standard InChI is InChI=1S/C16H22N4O2/c1-3-17-15(21)11-20(4-2)16(22)10-9-14-18-12-7-5-6-8-13(12)19-14/h5-8H,3-4,9-11H2,1-2H3,(H,17,21)(H,18,19). The van der Waals surface area contributed by atoms with E-state index in [2.05, 4.69) is 15.3 Å². The number of rotatable bonds is 7. The molecule has 0 aliphatic heterocycles. The van der Waals surface area contributed by atoms with Gasteiger partial charge in [-0.15, -0.1) is 0 Å². The zero-order chi connectivity index (χ0) is 15.9. The molecule has 6 heteroatoms. The lowest BCUT2D eigenvalue weighted by Crippen LogP contribution is -2.40. The van der Waals surface area contributed by atoms with Gasteiger partial charge < -0.3 is 15.2 Å². The summed E-state index contributed by atoms with van der Waals surface area (Å²) < 4.78 is 0. The number of aryl methyl sites for hydroxylation is 1. The number of aromatic nitrogens is 2. The number of para-hydroxylation sites is 2. The average molecular weight is 302 g/mol. The fraction of sp³-hybridized carbons (Fsp3) is 0.438. The van der Waals surface area contributed by atoms with Gasteiger partial charge in [0, 0.05) is 25.9 Å². The molecule has 118 valence electrons. The van der Waals surface area contributed by atoms with Gasteiger partial charge in [-0.25, -0.2) is 4.98 Å². The summed E-state index contributed by atoms with van der Waals surface area (Å²) in [7, 11) is 0. The van der Waals surface area contributed by atoms with E-state index in [1.54, 1.807) is 4.90 Å². The molecular weight excluding hydrogens is 280 g/mol. The van der Waals surface area contributed by atoms with E-state index < -0.39 is 0 Å². The second kappa shape index (κ2) is 7.59. The van der Waals surface area contributed by atoms with Crippen LogP contribution in [0.25, 0.3) is 11.0 Å². The molecule has 1 aromatic heterocycles. The van der Waals surface area contributed by atoms with Gasteiger partial charge in [0.1, 0.15) is 5.82 Å². The molecule has 2 aromatic rings. The van der Waals surface area contributed by atoms with Crippen molar-refractivity contribution in [2.75, 3.05) is 19.6 Å². The maximum atomic E-state index is 12.2. The molecule has 0 bridgehead atoms. The van der Waals surface area contributed by atoms with Crippen molar-refractivity contribution >= 4 is 22.8 Å². The van der Waals surface area contributed by atoms with Gasteiger partial charge in [-0.05, 0) is 26.0 Å². The highest BCUT2D eigenvalue weighted by atomic mass is 16.2. The van der Waals surface area contributed by atoms with Crippen LogP contribution in [0.2, 0.25) is 0 Å². The van der Waals surface area contributed by atoms with Crippen LogP contribution in [-0.2, 0) is 16.0 Å². The Morgan fingerprint density at radius 3 is 2.73 bits per heavy atom. The summed E-state index contributed by atoms with van der Waals surface area (Å²) in [5, 5.41) is 2.71. The van der Waals surface area contributed by atoms with Gasteiger partial charge in [0.2, 0.25) is 11.8 Å². The van der Waals surface area contributed by atoms with E-state index in [0.717, 1.165) is 16.9 Å². The van der Waals surface area contributed by atoms with Crippen LogP contribution in [-0.4, -0.2) is 46.3 Å². The van der Waals surface area contributed by atoms with Gasteiger partial charge in [-0.2, -0.15) is 0 Å². The summed E-state index contributed by atoms with van der Waals surface area (Å²) in [5.41, 5.74) is 1.87. The third-order valence-corrected chi connectivity index (χ3v) is 3.46. The lowest BCUT2D eigenvalue weighted by molar-refractivity contribution is -0.135. The zero-order valence-corrected chi connectivity index (χ0v) is 13.1. The molecule has 0 fully saturated rings. The maximum Gasteiger partial charge on any atom is 0.239 e. The number of hydrogen-bond donors (Lipinski definition) is 2. The number of carbonyl (C=O) groups is 2. The average Bonchev–Trinajstić information content (AvgIpc) is 2.93. The number of amides is 2. The van der Waals surface area contributed by atoms with Gasteiger partial charge in [0.05, 0.1) is 17.6 Å². The summed E-state index contributed by atoms with van der Waals surface area (Å²) >= 11 is 0.